The first-order valence-electron chi connectivity index (χ1n) is 6.59. The lowest BCUT2D eigenvalue weighted by Crippen LogP contribution is -2.27. The van der Waals surface area contributed by atoms with Crippen molar-refractivity contribution in [3.8, 4) is 0 Å². The second-order valence-corrected chi connectivity index (χ2v) is 4.78. The highest BCUT2D eigenvalue weighted by Crippen LogP contribution is 2.30. The summed E-state index contributed by atoms with van der Waals surface area (Å²) in [4.78, 5) is 0. The van der Waals surface area contributed by atoms with Gasteiger partial charge >= 0.3 is 0 Å². The van der Waals surface area contributed by atoms with Gasteiger partial charge in [0.15, 0.2) is 0 Å². The summed E-state index contributed by atoms with van der Waals surface area (Å²) in [6.07, 6.45) is 9.93. The standard InChI is InChI=1S/C13H27N/c1-3-6-12-8-5-10-14-11-9-13(12)7-4-2/h12-14H,3-11H2,1-2H3. The summed E-state index contributed by atoms with van der Waals surface area (Å²) >= 11 is 0. The van der Waals surface area contributed by atoms with Crippen LogP contribution in [-0.4, -0.2) is 13.1 Å². The van der Waals surface area contributed by atoms with E-state index in [0.29, 0.717) is 0 Å². The molecule has 0 aromatic heterocycles. The fourth-order valence-electron chi connectivity index (χ4n) is 2.87. The minimum absolute atomic E-state index is 1.01. The molecule has 1 fully saturated rings. The van der Waals surface area contributed by atoms with Crippen molar-refractivity contribution in [2.75, 3.05) is 13.1 Å². The Morgan fingerprint density at radius 3 is 2.21 bits per heavy atom. The average Bonchev–Trinajstić information content (AvgIpc) is 2.16. The Morgan fingerprint density at radius 1 is 0.929 bits per heavy atom. The summed E-state index contributed by atoms with van der Waals surface area (Å²) in [6, 6.07) is 0. The first-order chi connectivity index (χ1) is 6.88. The Labute approximate surface area is 89.7 Å². The first-order valence-corrected chi connectivity index (χ1v) is 6.59. The minimum atomic E-state index is 1.01. The van der Waals surface area contributed by atoms with Crippen molar-refractivity contribution < 1.29 is 0 Å². The molecular weight excluding hydrogens is 170 g/mol. The quantitative estimate of drug-likeness (QED) is 0.726. The van der Waals surface area contributed by atoms with Gasteiger partial charge < -0.3 is 5.32 Å². The van der Waals surface area contributed by atoms with Gasteiger partial charge in [-0.15, -0.1) is 0 Å². The zero-order chi connectivity index (χ0) is 10.2. The molecule has 2 unspecified atom stereocenters. The van der Waals surface area contributed by atoms with Crippen molar-refractivity contribution in [3.63, 3.8) is 0 Å². The maximum Gasteiger partial charge on any atom is -0.00462 e. The van der Waals surface area contributed by atoms with E-state index < -0.39 is 0 Å². The van der Waals surface area contributed by atoms with E-state index in [4.69, 9.17) is 0 Å². The summed E-state index contributed by atoms with van der Waals surface area (Å²) in [5.74, 6) is 2.04. The second kappa shape index (κ2) is 7.28. The smallest absolute Gasteiger partial charge is 0.00462 e. The fraction of sp³-hybridized carbons (Fsp3) is 1.00. The van der Waals surface area contributed by atoms with Crippen molar-refractivity contribution in [1.29, 1.82) is 0 Å². The normalized spacial score (nSPS) is 29.6. The first kappa shape index (κ1) is 12.0. The van der Waals surface area contributed by atoms with E-state index >= 15 is 0 Å². The van der Waals surface area contributed by atoms with Crippen molar-refractivity contribution in [3.05, 3.63) is 0 Å². The van der Waals surface area contributed by atoms with E-state index in [0.717, 1.165) is 11.8 Å². The predicted octanol–water partition coefficient (Wildman–Crippen LogP) is 3.59. The highest BCUT2D eigenvalue weighted by Gasteiger charge is 2.20. The SMILES string of the molecule is CCCC1CCCNCCC1CCC. The van der Waals surface area contributed by atoms with E-state index in [1.807, 2.05) is 0 Å². The molecule has 0 aromatic rings. The van der Waals surface area contributed by atoms with Crippen LogP contribution in [0.1, 0.15) is 58.8 Å². The average molecular weight is 197 g/mol. The summed E-state index contributed by atoms with van der Waals surface area (Å²) < 4.78 is 0. The lowest BCUT2D eigenvalue weighted by molar-refractivity contribution is 0.237. The number of nitrogens with one attached hydrogen (secondary N) is 1. The Balaban J connectivity index is 2.42. The van der Waals surface area contributed by atoms with E-state index in [9.17, 15) is 0 Å². The molecule has 0 spiro atoms. The van der Waals surface area contributed by atoms with Crippen LogP contribution in [0.5, 0.6) is 0 Å². The molecule has 1 aliphatic rings. The van der Waals surface area contributed by atoms with Gasteiger partial charge in [-0.05, 0) is 44.2 Å². The minimum Gasteiger partial charge on any atom is -0.317 e. The van der Waals surface area contributed by atoms with Gasteiger partial charge in [-0.25, -0.2) is 0 Å². The molecule has 84 valence electrons. The molecule has 0 saturated carbocycles. The lowest BCUT2D eigenvalue weighted by Gasteiger charge is -2.29. The van der Waals surface area contributed by atoms with Crippen LogP contribution in [-0.2, 0) is 0 Å². The summed E-state index contributed by atoms with van der Waals surface area (Å²) in [5.41, 5.74) is 0. The molecule has 1 N–H and O–H groups in total. The summed E-state index contributed by atoms with van der Waals surface area (Å²) in [6.45, 7) is 7.17. The molecule has 0 radical (unpaired) electrons. The zero-order valence-electron chi connectivity index (χ0n) is 10.0. The van der Waals surface area contributed by atoms with Crippen molar-refractivity contribution in [2.24, 2.45) is 11.8 Å². The third-order valence-electron chi connectivity index (χ3n) is 3.61. The van der Waals surface area contributed by atoms with Gasteiger partial charge in [-0.2, -0.15) is 0 Å². The highest BCUT2D eigenvalue weighted by molar-refractivity contribution is 4.73. The maximum absolute atomic E-state index is 3.54. The highest BCUT2D eigenvalue weighted by atomic mass is 14.8. The molecule has 14 heavy (non-hydrogen) atoms. The van der Waals surface area contributed by atoms with Gasteiger partial charge in [0.2, 0.25) is 0 Å². The van der Waals surface area contributed by atoms with Crippen LogP contribution >= 0.6 is 0 Å². The maximum atomic E-state index is 3.54. The van der Waals surface area contributed by atoms with Crippen LogP contribution in [0.4, 0.5) is 0 Å². The van der Waals surface area contributed by atoms with E-state index in [1.165, 1.54) is 58.0 Å². The van der Waals surface area contributed by atoms with Crippen LogP contribution < -0.4 is 5.32 Å². The van der Waals surface area contributed by atoms with Gasteiger partial charge in [0.25, 0.3) is 0 Å². The van der Waals surface area contributed by atoms with E-state index in [1.54, 1.807) is 0 Å². The lowest BCUT2D eigenvalue weighted by atomic mass is 9.79. The van der Waals surface area contributed by atoms with Crippen LogP contribution in [0.2, 0.25) is 0 Å². The number of hydrogen-bond donors (Lipinski definition) is 1. The van der Waals surface area contributed by atoms with Gasteiger partial charge in [0.1, 0.15) is 0 Å². The van der Waals surface area contributed by atoms with E-state index in [-0.39, 0.29) is 0 Å². The molecular formula is C13H27N. The molecule has 0 aliphatic carbocycles. The van der Waals surface area contributed by atoms with Crippen LogP contribution in [0, 0.1) is 11.8 Å². The Hall–Kier alpha value is -0.0400. The molecule has 1 nitrogen and oxygen atoms in total. The monoisotopic (exact) mass is 197 g/mol. The molecule has 1 heterocycles. The summed E-state index contributed by atoms with van der Waals surface area (Å²) in [7, 11) is 0. The van der Waals surface area contributed by atoms with Crippen LogP contribution in [0.25, 0.3) is 0 Å². The second-order valence-electron chi connectivity index (χ2n) is 4.78. The summed E-state index contributed by atoms with van der Waals surface area (Å²) in [5, 5.41) is 3.54. The molecule has 1 heteroatoms. The zero-order valence-corrected chi connectivity index (χ0v) is 10.0. The van der Waals surface area contributed by atoms with Gasteiger partial charge in [-0.3, -0.25) is 0 Å². The molecule has 1 rings (SSSR count). The largest absolute Gasteiger partial charge is 0.317 e. The van der Waals surface area contributed by atoms with Gasteiger partial charge in [-0.1, -0.05) is 39.5 Å². The molecule has 0 aromatic carbocycles. The van der Waals surface area contributed by atoms with Gasteiger partial charge in [0.05, 0.1) is 0 Å². The third-order valence-corrected chi connectivity index (χ3v) is 3.61. The molecule has 0 bridgehead atoms. The van der Waals surface area contributed by atoms with Crippen LogP contribution in [0.3, 0.4) is 0 Å². The Morgan fingerprint density at radius 2 is 1.57 bits per heavy atom. The number of rotatable bonds is 4. The van der Waals surface area contributed by atoms with Crippen molar-refractivity contribution in [1.82, 2.24) is 5.32 Å². The molecule has 0 amide bonds. The Bertz CT molecular complexity index is 117. The van der Waals surface area contributed by atoms with Crippen LogP contribution in [0.15, 0.2) is 0 Å². The van der Waals surface area contributed by atoms with E-state index in [2.05, 4.69) is 19.2 Å². The molecule has 1 saturated heterocycles. The molecule has 1 aliphatic heterocycles. The van der Waals surface area contributed by atoms with Crippen molar-refractivity contribution >= 4 is 0 Å². The predicted molar refractivity (Wildman–Crippen MR) is 63.5 cm³/mol. The van der Waals surface area contributed by atoms with Crippen molar-refractivity contribution in [2.45, 2.75) is 58.8 Å². The Kier molecular flexibility index (Phi) is 6.25. The van der Waals surface area contributed by atoms with Gasteiger partial charge in [0, 0.05) is 0 Å². The third kappa shape index (κ3) is 4.00. The topological polar surface area (TPSA) is 12.0 Å². The molecule has 2 atom stereocenters. The number of hydrogen-bond acceptors (Lipinski definition) is 1. The fourth-order valence-corrected chi connectivity index (χ4v) is 2.87.